The summed E-state index contributed by atoms with van der Waals surface area (Å²) in [6.45, 7) is 6.25. The Kier molecular flexibility index (Phi) is 3.48. The maximum Gasteiger partial charge on any atom is 0.158 e. The fraction of sp³-hybridized carbons (Fsp3) is 0.385. The molecular formula is C13H16ClN3. The molecule has 90 valence electrons. The third-order valence-corrected chi connectivity index (χ3v) is 3.29. The quantitative estimate of drug-likeness (QED) is 0.783. The number of halogens is 1. The first-order chi connectivity index (χ1) is 8.19. The maximum atomic E-state index is 5.93. The van der Waals surface area contributed by atoms with Crippen LogP contribution < -0.4 is 0 Å². The smallest absolute Gasteiger partial charge is 0.158 e. The van der Waals surface area contributed by atoms with Crippen LogP contribution in [0.5, 0.6) is 0 Å². The molecule has 0 aromatic carbocycles. The summed E-state index contributed by atoms with van der Waals surface area (Å²) in [6.07, 6.45) is 2.76. The predicted molar refractivity (Wildman–Crippen MR) is 69.8 cm³/mol. The summed E-state index contributed by atoms with van der Waals surface area (Å²) < 4.78 is 1.89. The van der Waals surface area contributed by atoms with Gasteiger partial charge in [0.15, 0.2) is 5.82 Å². The molecule has 0 aliphatic carbocycles. The Balaban J connectivity index is 2.61. The van der Waals surface area contributed by atoms with Gasteiger partial charge >= 0.3 is 0 Å². The van der Waals surface area contributed by atoms with Crippen molar-refractivity contribution in [2.75, 3.05) is 0 Å². The fourth-order valence-electron chi connectivity index (χ4n) is 2.12. The number of pyridine rings is 1. The second kappa shape index (κ2) is 4.88. The molecule has 17 heavy (non-hydrogen) atoms. The fourth-order valence-corrected chi connectivity index (χ4v) is 2.33. The van der Waals surface area contributed by atoms with Crippen LogP contribution in [0.2, 0.25) is 0 Å². The maximum absolute atomic E-state index is 5.93. The molecule has 0 saturated heterocycles. The van der Waals surface area contributed by atoms with E-state index in [4.69, 9.17) is 11.6 Å². The molecule has 0 bridgehead atoms. The van der Waals surface area contributed by atoms with Gasteiger partial charge in [-0.25, -0.2) is 9.67 Å². The number of aryl methyl sites for hydroxylation is 1. The molecule has 2 aromatic rings. The number of rotatable bonds is 3. The number of aromatic nitrogens is 3. The van der Waals surface area contributed by atoms with Crippen LogP contribution in [-0.2, 0) is 12.3 Å². The highest BCUT2D eigenvalue weighted by Gasteiger charge is 2.14. The Morgan fingerprint density at radius 1 is 1.35 bits per heavy atom. The van der Waals surface area contributed by atoms with Crippen molar-refractivity contribution in [2.24, 2.45) is 0 Å². The molecule has 0 saturated carbocycles. The van der Waals surface area contributed by atoms with Gasteiger partial charge in [-0.2, -0.15) is 5.10 Å². The second-order valence-corrected chi connectivity index (χ2v) is 4.30. The third kappa shape index (κ3) is 2.07. The topological polar surface area (TPSA) is 30.7 Å². The van der Waals surface area contributed by atoms with Crippen LogP contribution in [0.3, 0.4) is 0 Å². The van der Waals surface area contributed by atoms with Crippen LogP contribution in [0.4, 0.5) is 0 Å². The summed E-state index contributed by atoms with van der Waals surface area (Å²) in [6, 6.07) is 3.88. The van der Waals surface area contributed by atoms with E-state index in [-0.39, 0.29) is 0 Å². The summed E-state index contributed by atoms with van der Waals surface area (Å²) in [5.74, 6) is 1.28. The molecule has 0 unspecified atom stereocenters. The van der Waals surface area contributed by atoms with Crippen molar-refractivity contribution in [3.05, 3.63) is 40.8 Å². The lowest BCUT2D eigenvalue weighted by Gasteiger charge is -2.07. The summed E-state index contributed by atoms with van der Waals surface area (Å²) in [7, 11) is 0. The van der Waals surface area contributed by atoms with E-state index in [0.29, 0.717) is 5.88 Å². The van der Waals surface area contributed by atoms with Gasteiger partial charge in [-0.1, -0.05) is 13.0 Å². The first kappa shape index (κ1) is 12.1. The molecule has 0 atom stereocenters. The van der Waals surface area contributed by atoms with E-state index in [1.54, 1.807) is 6.20 Å². The van der Waals surface area contributed by atoms with E-state index < -0.39 is 0 Å². The minimum Gasteiger partial charge on any atom is -0.237 e. The molecular weight excluding hydrogens is 234 g/mol. The second-order valence-electron chi connectivity index (χ2n) is 4.03. The number of alkyl halides is 1. The molecule has 0 spiro atoms. The predicted octanol–water partition coefficient (Wildman–Crippen LogP) is 3.19. The van der Waals surface area contributed by atoms with Crippen molar-refractivity contribution in [1.82, 2.24) is 14.8 Å². The minimum atomic E-state index is 0.447. The lowest BCUT2D eigenvalue weighted by Crippen LogP contribution is -2.05. The van der Waals surface area contributed by atoms with E-state index in [0.717, 1.165) is 29.2 Å². The Hall–Kier alpha value is -1.35. The summed E-state index contributed by atoms with van der Waals surface area (Å²) >= 11 is 5.93. The molecule has 0 N–H and O–H groups in total. The molecule has 2 rings (SSSR count). The van der Waals surface area contributed by atoms with Crippen LogP contribution in [-0.4, -0.2) is 14.8 Å². The molecule has 3 nitrogen and oxygen atoms in total. The van der Waals surface area contributed by atoms with E-state index in [9.17, 15) is 0 Å². The van der Waals surface area contributed by atoms with Gasteiger partial charge in [0.1, 0.15) is 0 Å². The third-order valence-electron chi connectivity index (χ3n) is 3.01. The van der Waals surface area contributed by atoms with Crippen molar-refractivity contribution in [3.8, 4) is 5.82 Å². The molecule has 0 aliphatic rings. The van der Waals surface area contributed by atoms with Gasteiger partial charge in [0.05, 0.1) is 11.6 Å². The lowest BCUT2D eigenvalue weighted by atomic mass is 10.1. The summed E-state index contributed by atoms with van der Waals surface area (Å²) in [4.78, 5) is 4.39. The molecule has 0 fully saturated rings. The molecule has 0 aliphatic heterocycles. The SMILES string of the molecule is CCc1c(C)nn(-c2ncccc2CCl)c1C. The van der Waals surface area contributed by atoms with Crippen LogP contribution >= 0.6 is 11.6 Å². The van der Waals surface area contributed by atoms with E-state index in [1.807, 2.05) is 23.7 Å². The highest BCUT2D eigenvalue weighted by Crippen LogP contribution is 2.20. The van der Waals surface area contributed by atoms with Crippen molar-refractivity contribution in [3.63, 3.8) is 0 Å². The Labute approximate surface area is 106 Å². The molecule has 4 heteroatoms. The van der Waals surface area contributed by atoms with Crippen LogP contribution in [0.1, 0.15) is 29.4 Å². The summed E-state index contributed by atoms with van der Waals surface area (Å²) in [5, 5.41) is 4.56. The van der Waals surface area contributed by atoms with Gasteiger partial charge in [-0.15, -0.1) is 11.6 Å². The van der Waals surface area contributed by atoms with Crippen molar-refractivity contribution >= 4 is 11.6 Å². The first-order valence-electron chi connectivity index (χ1n) is 5.74. The highest BCUT2D eigenvalue weighted by atomic mass is 35.5. The average Bonchev–Trinajstić information content (AvgIpc) is 2.64. The average molecular weight is 250 g/mol. The van der Waals surface area contributed by atoms with Gasteiger partial charge in [0.2, 0.25) is 0 Å². The zero-order chi connectivity index (χ0) is 12.4. The van der Waals surface area contributed by atoms with Gasteiger partial charge < -0.3 is 0 Å². The highest BCUT2D eigenvalue weighted by molar-refractivity contribution is 6.17. The Bertz CT molecular complexity index is 531. The van der Waals surface area contributed by atoms with Gasteiger partial charge in [0.25, 0.3) is 0 Å². The molecule has 0 radical (unpaired) electrons. The van der Waals surface area contributed by atoms with Crippen molar-refractivity contribution < 1.29 is 0 Å². The zero-order valence-corrected chi connectivity index (χ0v) is 11.1. The largest absolute Gasteiger partial charge is 0.237 e. The number of hydrogen-bond acceptors (Lipinski definition) is 2. The van der Waals surface area contributed by atoms with Gasteiger partial charge in [0, 0.05) is 17.5 Å². The number of nitrogens with zero attached hydrogens (tertiary/aromatic N) is 3. The molecule has 2 heterocycles. The Morgan fingerprint density at radius 2 is 2.12 bits per heavy atom. The van der Waals surface area contributed by atoms with Crippen molar-refractivity contribution in [1.29, 1.82) is 0 Å². The zero-order valence-electron chi connectivity index (χ0n) is 10.4. The normalized spacial score (nSPS) is 10.8. The van der Waals surface area contributed by atoms with Crippen LogP contribution in [0, 0.1) is 13.8 Å². The van der Waals surface area contributed by atoms with Crippen LogP contribution in [0.15, 0.2) is 18.3 Å². The molecule has 0 amide bonds. The Morgan fingerprint density at radius 3 is 2.71 bits per heavy atom. The molecule has 2 aromatic heterocycles. The van der Waals surface area contributed by atoms with E-state index in [1.165, 1.54) is 5.56 Å². The standard InChI is InChI=1S/C13H16ClN3/c1-4-12-9(2)16-17(10(12)3)13-11(8-14)6-5-7-15-13/h5-7H,4,8H2,1-3H3. The monoisotopic (exact) mass is 249 g/mol. The minimum absolute atomic E-state index is 0.447. The van der Waals surface area contributed by atoms with E-state index in [2.05, 4.69) is 23.9 Å². The van der Waals surface area contributed by atoms with Crippen LogP contribution in [0.25, 0.3) is 5.82 Å². The van der Waals surface area contributed by atoms with Gasteiger partial charge in [-0.3, -0.25) is 0 Å². The van der Waals surface area contributed by atoms with Crippen molar-refractivity contribution in [2.45, 2.75) is 33.1 Å². The lowest BCUT2D eigenvalue weighted by molar-refractivity contribution is 0.796. The first-order valence-corrected chi connectivity index (χ1v) is 6.27. The number of hydrogen-bond donors (Lipinski definition) is 0. The summed E-state index contributed by atoms with van der Waals surface area (Å²) in [5.41, 5.74) is 4.50. The van der Waals surface area contributed by atoms with Gasteiger partial charge in [-0.05, 0) is 31.9 Å². The van der Waals surface area contributed by atoms with E-state index >= 15 is 0 Å².